The molecule has 0 nitrogen and oxygen atoms in total. The van der Waals surface area contributed by atoms with Gasteiger partial charge in [-0.25, -0.2) is 0 Å². The Morgan fingerprint density at radius 3 is 1.61 bits per heavy atom. The summed E-state index contributed by atoms with van der Waals surface area (Å²) >= 11 is 0. The van der Waals surface area contributed by atoms with Crippen LogP contribution in [0.5, 0.6) is 0 Å². The van der Waals surface area contributed by atoms with Gasteiger partial charge in [0, 0.05) is 0 Å². The first-order chi connectivity index (χ1) is 10.7. The molecule has 0 spiro atoms. The fourth-order valence-corrected chi connectivity index (χ4v) is 2.06. The molecule has 0 radical (unpaired) electrons. The van der Waals surface area contributed by atoms with E-state index < -0.39 is 0 Å². The van der Waals surface area contributed by atoms with Crippen LogP contribution in [-0.2, 0) is 5.41 Å². The van der Waals surface area contributed by atoms with E-state index in [-0.39, 0.29) is 5.41 Å². The van der Waals surface area contributed by atoms with E-state index in [1.807, 2.05) is 13.8 Å². The van der Waals surface area contributed by atoms with Crippen molar-refractivity contribution in [2.75, 3.05) is 0 Å². The average Bonchev–Trinajstić information content (AvgIpc) is 2.49. The van der Waals surface area contributed by atoms with E-state index in [1.54, 1.807) is 0 Å². The highest BCUT2D eigenvalue weighted by Gasteiger charge is 2.12. The molecule has 0 unspecified atom stereocenters. The smallest absolute Gasteiger partial charge is 0.0132 e. The Morgan fingerprint density at radius 2 is 1.26 bits per heavy atom. The molecule has 0 aromatic heterocycles. The minimum Gasteiger partial charge on any atom is -0.0683 e. The zero-order chi connectivity index (χ0) is 18.0. The largest absolute Gasteiger partial charge is 0.0683 e. The number of hydrogen-bond acceptors (Lipinski definition) is 0. The molecule has 0 aliphatic rings. The fourth-order valence-electron chi connectivity index (χ4n) is 2.06. The van der Waals surface area contributed by atoms with Crippen LogP contribution < -0.4 is 0 Å². The summed E-state index contributed by atoms with van der Waals surface area (Å²) in [6, 6.07) is 17.4. The van der Waals surface area contributed by atoms with Gasteiger partial charge in [0.05, 0.1) is 0 Å². The first-order valence-electron chi connectivity index (χ1n) is 8.84. The highest BCUT2D eigenvalue weighted by Crippen LogP contribution is 2.22. The summed E-state index contributed by atoms with van der Waals surface area (Å²) in [5.74, 6) is 0.653. The molecule has 0 saturated heterocycles. The van der Waals surface area contributed by atoms with Crippen LogP contribution in [0.15, 0.2) is 48.5 Å². The van der Waals surface area contributed by atoms with E-state index in [0.29, 0.717) is 5.92 Å². The predicted molar refractivity (Wildman–Crippen MR) is 106 cm³/mol. The van der Waals surface area contributed by atoms with Gasteiger partial charge in [-0.05, 0) is 36.3 Å². The molecule has 0 bridgehead atoms. The summed E-state index contributed by atoms with van der Waals surface area (Å²) in [6.07, 6.45) is 0. The molecule has 0 saturated carbocycles. The Morgan fingerprint density at radius 1 is 0.739 bits per heavy atom. The zero-order valence-electron chi connectivity index (χ0n) is 16.7. The van der Waals surface area contributed by atoms with E-state index in [9.17, 15) is 0 Å². The Balaban J connectivity index is 0.000000381. The fraction of sp³-hybridized carbons (Fsp3) is 0.478. The van der Waals surface area contributed by atoms with Gasteiger partial charge < -0.3 is 0 Å². The van der Waals surface area contributed by atoms with E-state index in [1.165, 1.54) is 22.3 Å². The van der Waals surface area contributed by atoms with Crippen LogP contribution in [0.3, 0.4) is 0 Å². The highest BCUT2D eigenvalue weighted by molar-refractivity contribution is 5.27. The SMILES string of the molecule is CC.Cc1ccc(C(C)C)cc1.Cc1cccc(C(C)(C)C)c1. The molecule has 0 aliphatic heterocycles. The summed E-state index contributed by atoms with van der Waals surface area (Å²) in [4.78, 5) is 0. The molecule has 0 heterocycles. The summed E-state index contributed by atoms with van der Waals surface area (Å²) in [6.45, 7) is 19.4. The number of aryl methyl sites for hydroxylation is 2. The molecule has 0 amide bonds. The third-order valence-corrected chi connectivity index (χ3v) is 3.63. The molecule has 2 aromatic rings. The van der Waals surface area contributed by atoms with Gasteiger partial charge in [-0.3, -0.25) is 0 Å². The minimum atomic E-state index is 0.284. The van der Waals surface area contributed by atoms with E-state index >= 15 is 0 Å². The van der Waals surface area contributed by atoms with Crippen molar-refractivity contribution in [2.24, 2.45) is 0 Å². The van der Waals surface area contributed by atoms with Crippen molar-refractivity contribution in [3.8, 4) is 0 Å². The Labute approximate surface area is 145 Å². The van der Waals surface area contributed by atoms with Crippen molar-refractivity contribution in [3.05, 3.63) is 70.8 Å². The first kappa shape index (κ1) is 21.4. The summed E-state index contributed by atoms with van der Waals surface area (Å²) in [5.41, 5.74) is 5.80. The van der Waals surface area contributed by atoms with Crippen molar-refractivity contribution >= 4 is 0 Å². The minimum absolute atomic E-state index is 0.284. The lowest BCUT2D eigenvalue weighted by Crippen LogP contribution is -2.10. The van der Waals surface area contributed by atoms with E-state index in [2.05, 4.69) is 97.0 Å². The van der Waals surface area contributed by atoms with Gasteiger partial charge in [-0.1, -0.05) is 108 Å². The van der Waals surface area contributed by atoms with Gasteiger partial charge >= 0.3 is 0 Å². The van der Waals surface area contributed by atoms with Crippen LogP contribution in [0.2, 0.25) is 0 Å². The van der Waals surface area contributed by atoms with Crippen molar-refractivity contribution in [1.82, 2.24) is 0 Å². The van der Waals surface area contributed by atoms with E-state index in [4.69, 9.17) is 0 Å². The second-order valence-corrected chi connectivity index (χ2v) is 7.18. The Kier molecular flexibility index (Phi) is 9.56. The quantitative estimate of drug-likeness (QED) is 0.513. The lowest BCUT2D eigenvalue weighted by Gasteiger charge is -2.19. The van der Waals surface area contributed by atoms with Crippen LogP contribution in [0.1, 0.15) is 76.6 Å². The molecule has 0 atom stereocenters. The third-order valence-electron chi connectivity index (χ3n) is 3.63. The number of hydrogen-bond donors (Lipinski definition) is 0. The molecule has 0 N–H and O–H groups in total. The zero-order valence-corrected chi connectivity index (χ0v) is 16.7. The molecule has 2 aromatic carbocycles. The predicted octanol–water partition coefficient (Wildman–Crippen LogP) is 7.44. The topological polar surface area (TPSA) is 0 Å². The van der Waals surface area contributed by atoms with E-state index in [0.717, 1.165) is 0 Å². The van der Waals surface area contributed by atoms with Crippen LogP contribution >= 0.6 is 0 Å². The highest BCUT2D eigenvalue weighted by atomic mass is 14.2. The Hall–Kier alpha value is -1.56. The molecular weight excluding hydrogens is 276 g/mol. The molecule has 2 rings (SSSR count). The Bertz CT molecular complexity index is 539. The third kappa shape index (κ3) is 8.59. The van der Waals surface area contributed by atoms with Gasteiger partial charge in [0.1, 0.15) is 0 Å². The second kappa shape index (κ2) is 10.3. The van der Waals surface area contributed by atoms with Gasteiger partial charge in [0.15, 0.2) is 0 Å². The summed E-state index contributed by atoms with van der Waals surface area (Å²) in [7, 11) is 0. The van der Waals surface area contributed by atoms with Crippen molar-refractivity contribution in [1.29, 1.82) is 0 Å². The molecule has 0 aliphatic carbocycles. The molecular formula is C23H36. The first-order valence-corrected chi connectivity index (χ1v) is 8.84. The lowest BCUT2D eigenvalue weighted by atomic mass is 9.86. The van der Waals surface area contributed by atoms with Gasteiger partial charge in [-0.2, -0.15) is 0 Å². The standard InChI is InChI=1S/C11H16.C10H14.C2H6/c1-9-6-5-7-10(8-9)11(2,3)4;1-8(2)10-6-4-9(3)5-7-10;1-2/h5-8H,1-4H3;4-8H,1-3H3;1-2H3. The lowest BCUT2D eigenvalue weighted by molar-refractivity contribution is 0.590. The number of benzene rings is 2. The molecule has 0 heteroatoms. The van der Waals surface area contributed by atoms with Crippen LogP contribution in [0.25, 0.3) is 0 Å². The molecule has 0 fully saturated rings. The maximum atomic E-state index is 2.25. The summed E-state index contributed by atoms with van der Waals surface area (Å²) in [5, 5.41) is 0. The normalized spacial score (nSPS) is 10.3. The monoisotopic (exact) mass is 312 g/mol. The van der Waals surface area contributed by atoms with Gasteiger partial charge in [-0.15, -0.1) is 0 Å². The van der Waals surface area contributed by atoms with Gasteiger partial charge in [0.2, 0.25) is 0 Å². The molecule has 128 valence electrons. The van der Waals surface area contributed by atoms with Crippen LogP contribution in [0, 0.1) is 13.8 Å². The van der Waals surface area contributed by atoms with Crippen molar-refractivity contribution < 1.29 is 0 Å². The van der Waals surface area contributed by atoms with Gasteiger partial charge in [0.25, 0.3) is 0 Å². The molecule has 23 heavy (non-hydrogen) atoms. The summed E-state index contributed by atoms with van der Waals surface area (Å²) < 4.78 is 0. The van der Waals surface area contributed by atoms with Crippen molar-refractivity contribution in [3.63, 3.8) is 0 Å². The maximum absolute atomic E-state index is 2.25. The average molecular weight is 313 g/mol. The second-order valence-electron chi connectivity index (χ2n) is 7.18. The number of rotatable bonds is 1. The van der Waals surface area contributed by atoms with Crippen LogP contribution in [0.4, 0.5) is 0 Å². The maximum Gasteiger partial charge on any atom is -0.0132 e. The van der Waals surface area contributed by atoms with Crippen LogP contribution in [-0.4, -0.2) is 0 Å². The van der Waals surface area contributed by atoms with Crippen molar-refractivity contribution in [2.45, 2.75) is 73.6 Å².